The topological polar surface area (TPSA) is 53.1 Å². The van der Waals surface area contributed by atoms with Gasteiger partial charge in [0.15, 0.2) is 0 Å². The smallest absolute Gasteiger partial charge is 0.0847 e. The Hall–Kier alpha value is -0.590. The lowest BCUT2D eigenvalue weighted by molar-refractivity contribution is 0.182. The third-order valence-electron chi connectivity index (χ3n) is 2.84. The minimum atomic E-state index is -0.377. The van der Waals surface area contributed by atoms with Crippen LogP contribution in [0, 0.1) is 6.92 Å². The van der Waals surface area contributed by atoms with E-state index in [1.165, 1.54) is 11.3 Å². The van der Waals surface area contributed by atoms with Crippen molar-refractivity contribution < 1.29 is 4.74 Å². The molecule has 4 nitrogen and oxygen atoms in total. The molecule has 0 radical (unpaired) electrons. The van der Waals surface area contributed by atoms with E-state index in [1.54, 1.807) is 18.0 Å². The van der Waals surface area contributed by atoms with Crippen molar-refractivity contribution in [2.24, 2.45) is 5.73 Å². The molecule has 0 aliphatic heterocycles. The van der Waals surface area contributed by atoms with Gasteiger partial charge in [-0.05, 0) is 17.9 Å². The molecule has 2 rings (SSSR count). The molecular formula is C12H15Cl2N3OS. The molecule has 0 aliphatic rings. The molecule has 0 fully saturated rings. The van der Waals surface area contributed by atoms with Gasteiger partial charge in [0.1, 0.15) is 0 Å². The SMILES string of the molecule is COCCn1ncc(Cl)c1C(N)c1scc(C)c1Cl. The summed E-state index contributed by atoms with van der Waals surface area (Å²) in [4.78, 5) is 0.903. The van der Waals surface area contributed by atoms with E-state index in [2.05, 4.69) is 5.10 Å². The highest BCUT2D eigenvalue weighted by molar-refractivity contribution is 7.10. The van der Waals surface area contributed by atoms with Gasteiger partial charge in [-0.2, -0.15) is 5.10 Å². The first kappa shape index (κ1) is 14.8. The predicted molar refractivity (Wildman–Crippen MR) is 79.2 cm³/mol. The summed E-state index contributed by atoms with van der Waals surface area (Å²) in [7, 11) is 1.64. The number of thiophene rings is 1. The van der Waals surface area contributed by atoms with Gasteiger partial charge in [-0.15, -0.1) is 11.3 Å². The van der Waals surface area contributed by atoms with Crippen LogP contribution in [0.2, 0.25) is 10.0 Å². The summed E-state index contributed by atoms with van der Waals surface area (Å²) < 4.78 is 6.82. The van der Waals surface area contributed by atoms with Gasteiger partial charge in [-0.1, -0.05) is 23.2 Å². The summed E-state index contributed by atoms with van der Waals surface area (Å²) in [6.45, 7) is 3.11. The average Bonchev–Trinajstić information content (AvgIpc) is 2.91. The van der Waals surface area contributed by atoms with Crippen LogP contribution in [0.4, 0.5) is 0 Å². The molecule has 2 aromatic rings. The molecule has 2 N–H and O–H groups in total. The van der Waals surface area contributed by atoms with Crippen molar-refractivity contribution in [1.82, 2.24) is 9.78 Å². The second-order valence-electron chi connectivity index (χ2n) is 4.17. The van der Waals surface area contributed by atoms with Crippen molar-refractivity contribution in [3.8, 4) is 0 Å². The summed E-state index contributed by atoms with van der Waals surface area (Å²) in [6, 6.07) is -0.377. The summed E-state index contributed by atoms with van der Waals surface area (Å²) in [5, 5.41) is 7.46. The van der Waals surface area contributed by atoms with Gasteiger partial charge in [0, 0.05) is 12.0 Å². The molecular weight excluding hydrogens is 305 g/mol. The van der Waals surface area contributed by atoms with Gasteiger partial charge in [0.05, 0.1) is 41.1 Å². The lowest BCUT2D eigenvalue weighted by Crippen LogP contribution is -2.19. The van der Waals surface area contributed by atoms with Crippen molar-refractivity contribution in [2.75, 3.05) is 13.7 Å². The number of nitrogens with two attached hydrogens (primary N) is 1. The molecule has 1 unspecified atom stereocenters. The molecule has 7 heteroatoms. The molecule has 2 aromatic heterocycles. The lowest BCUT2D eigenvalue weighted by atomic mass is 10.1. The van der Waals surface area contributed by atoms with Crippen LogP contribution in [0.15, 0.2) is 11.6 Å². The highest BCUT2D eigenvalue weighted by atomic mass is 35.5. The second-order valence-corrected chi connectivity index (χ2v) is 5.86. The average molecular weight is 320 g/mol. The highest BCUT2D eigenvalue weighted by Gasteiger charge is 2.22. The van der Waals surface area contributed by atoms with Crippen LogP contribution in [0.5, 0.6) is 0 Å². The molecule has 19 heavy (non-hydrogen) atoms. The van der Waals surface area contributed by atoms with Crippen molar-refractivity contribution in [2.45, 2.75) is 19.5 Å². The van der Waals surface area contributed by atoms with Crippen LogP contribution in [-0.2, 0) is 11.3 Å². The van der Waals surface area contributed by atoms with Gasteiger partial charge in [0.2, 0.25) is 0 Å². The number of hydrogen-bond donors (Lipinski definition) is 1. The van der Waals surface area contributed by atoms with Crippen LogP contribution in [0.25, 0.3) is 0 Å². The fourth-order valence-electron chi connectivity index (χ4n) is 1.82. The van der Waals surface area contributed by atoms with E-state index in [9.17, 15) is 0 Å². The minimum Gasteiger partial charge on any atom is -0.383 e. The Bertz CT molecular complexity index is 567. The van der Waals surface area contributed by atoms with Crippen LogP contribution in [-0.4, -0.2) is 23.5 Å². The van der Waals surface area contributed by atoms with E-state index in [0.29, 0.717) is 23.2 Å². The first-order valence-corrected chi connectivity index (χ1v) is 7.39. The lowest BCUT2D eigenvalue weighted by Gasteiger charge is -2.14. The molecule has 0 amide bonds. The van der Waals surface area contributed by atoms with E-state index in [-0.39, 0.29) is 6.04 Å². The van der Waals surface area contributed by atoms with E-state index in [4.69, 9.17) is 33.7 Å². The quantitative estimate of drug-likeness (QED) is 0.920. The normalized spacial score (nSPS) is 12.9. The van der Waals surface area contributed by atoms with Crippen molar-refractivity contribution in [3.05, 3.63) is 37.8 Å². The zero-order chi connectivity index (χ0) is 14.0. The van der Waals surface area contributed by atoms with Gasteiger partial charge in [0.25, 0.3) is 0 Å². The second kappa shape index (κ2) is 6.24. The Morgan fingerprint density at radius 3 is 2.84 bits per heavy atom. The van der Waals surface area contributed by atoms with Crippen LogP contribution < -0.4 is 5.73 Å². The molecule has 2 heterocycles. The minimum absolute atomic E-state index is 0.377. The molecule has 0 saturated carbocycles. The zero-order valence-electron chi connectivity index (χ0n) is 10.7. The Kier molecular flexibility index (Phi) is 4.86. The summed E-state index contributed by atoms with van der Waals surface area (Å²) >= 11 is 14.0. The number of hydrogen-bond acceptors (Lipinski definition) is 4. The van der Waals surface area contributed by atoms with Gasteiger partial charge < -0.3 is 10.5 Å². The fraction of sp³-hybridized carbons (Fsp3) is 0.417. The number of rotatable bonds is 5. The summed E-state index contributed by atoms with van der Waals surface area (Å²) in [6.07, 6.45) is 1.60. The van der Waals surface area contributed by atoms with E-state index >= 15 is 0 Å². The van der Waals surface area contributed by atoms with Gasteiger partial charge in [-0.3, -0.25) is 4.68 Å². The number of methoxy groups -OCH3 is 1. The van der Waals surface area contributed by atoms with Crippen LogP contribution in [0.3, 0.4) is 0 Å². The zero-order valence-corrected chi connectivity index (χ0v) is 13.0. The number of nitrogens with zero attached hydrogens (tertiary/aromatic N) is 2. The van der Waals surface area contributed by atoms with Crippen LogP contribution >= 0.6 is 34.5 Å². The first-order valence-electron chi connectivity index (χ1n) is 5.75. The van der Waals surface area contributed by atoms with E-state index in [1.807, 2.05) is 12.3 Å². The molecule has 0 bridgehead atoms. The Balaban J connectivity index is 2.35. The molecule has 0 aromatic carbocycles. The maximum atomic E-state index is 6.29. The van der Waals surface area contributed by atoms with Gasteiger partial charge in [-0.25, -0.2) is 0 Å². The van der Waals surface area contributed by atoms with Crippen LogP contribution in [0.1, 0.15) is 22.2 Å². The van der Waals surface area contributed by atoms with Crippen molar-refractivity contribution in [1.29, 1.82) is 0 Å². The fourth-order valence-corrected chi connectivity index (χ4v) is 3.39. The van der Waals surface area contributed by atoms with Crippen molar-refractivity contribution >= 4 is 34.5 Å². The van der Waals surface area contributed by atoms with E-state index in [0.717, 1.165) is 16.1 Å². The highest BCUT2D eigenvalue weighted by Crippen LogP contribution is 2.36. The summed E-state index contributed by atoms with van der Waals surface area (Å²) in [5.74, 6) is 0. The number of halogens is 2. The van der Waals surface area contributed by atoms with Crippen molar-refractivity contribution in [3.63, 3.8) is 0 Å². The third-order valence-corrected chi connectivity index (χ3v) is 4.93. The molecule has 0 saturated heterocycles. The van der Waals surface area contributed by atoms with Gasteiger partial charge >= 0.3 is 0 Å². The number of aromatic nitrogens is 2. The largest absolute Gasteiger partial charge is 0.383 e. The molecule has 0 spiro atoms. The Morgan fingerprint density at radius 1 is 1.53 bits per heavy atom. The Morgan fingerprint density at radius 2 is 2.26 bits per heavy atom. The molecule has 104 valence electrons. The molecule has 1 atom stereocenters. The standard InChI is InChI=1S/C12H15Cl2N3OS/c1-7-6-19-12(9(7)14)10(15)11-8(13)5-16-17(11)3-4-18-2/h5-6,10H,3-4,15H2,1-2H3. The summed E-state index contributed by atoms with van der Waals surface area (Å²) in [5.41, 5.74) is 8.08. The number of aryl methyl sites for hydroxylation is 1. The first-order chi connectivity index (χ1) is 9.06. The third kappa shape index (κ3) is 2.95. The molecule has 0 aliphatic carbocycles. The Labute approximate surface area is 126 Å². The maximum absolute atomic E-state index is 6.29. The maximum Gasteiger partial charge on any atom is 0.0847 e. The number of ether oxygens (including phenoxy) is 1. The monoisotopic (exact) mass is 319 g/mol. The van der Waals surface area contributed by atoms with E-state index < -0.39 is 0 Å². The predicted octanol–water partition coefficient (Wildman–Crippen LogP) is 3.25.